The van der Waals surface area contributed by atoms with E-state index in [-0.39, 0.29) is 36.1 Å². The van der Waals surface area contributed by atoms with Crippen LogP contribution in [0.15, 0.2) is 34.3 Å². The normalized spacial score (nSPS) is 23.7. The maximum absolute atomic E-state index is 13.4. The number of hydrogen-bond acceptors (Lipinski definition) is 10. The first-order valence-electron chi connectivity index (χ1n) is 14.4. The van der Waals surface area contributed by atoms with Gasteiger partial charge in [-0.05, 0) is 31.4 Å². The lowest BCUT2D eigenvalue weighted by Crippen LogP contribution is -2.41. The molecule has 2 amide bonds. The summed E-state index contributed by atoms with van der Waals surface area (Å²) in [5.74, 6) is 1.83. The summed E-state index contributed by atoms with van der Waals surface area (Å²) in [6.07, 6.45) is 5.39. The Bertz CT molecular complexity index is 1350. The van der Waals surface area contributed by atoms with Crippen LogP contribution in [0.5, 0.6) is 23.0 Å². The molecule has 4 atom stereocenters. The molecule has 2 aromatic rings. The van der Waals surface area contributed by atoms with Crippen molar-refractivity contribution in [2.24, 2.45) is 9.98 Å². The molecule has 2 fully saturated rings. The van der Waals surface area contributed by atoms with E-state index in [1.54, 1.807) is 74.9 Å². The molecule has 43 heavy (non-hydrogen) atoms. The van der Waals surface area contributed by atoms with E-state index in [1.165, 1.54) is 0 Å². The Labute approximate surface area is 250 Å². The molecule has 4 heterocycles. The molecule has 4 unspecified atom stereocenters. The standard InChI is InChI=1S/C31H36N4O8/c1-38-26-12-18-20(14-28(26)40-3)32-16-22-24(6-8-34(22)30(18)36)42-10-5-11-43-25-7-9-35-23(25)17-33-21-15-29(41-4)27(39-2)13-19(21)31(35)37/h12-17,22-25H,5-11H2,1-4H3. The molecule has 2 aromatic carbocycles. The molecule has 0 aromatic heterocycles. The highest BCUT2D eigenvalue weighted by Gasteiger charge is 2.41. The fraction of sp³-hybridized carbons (Fsp3) is 0.484. The van der Waals surface area contributed by atoms with Gasteiger partial charge >= 0.3 is 0 Å². The number of rotatable bonds is 10. The van der Waals surface area contributed by atoms with Crippen LogP contribution >= 0.6 is 0 Å². The smallest absolute Gasteiger partial charge is 0.256 e. The summed E-state index contributed by atoms with van der Waals surface area (Å²) < 4.78 is 34.0. The monoisotopic (exact) mass is 592 g/mol. The Balaban J connectivity index is 1.03. The minimum Gasteiger partial charge on any atom is -0.493 e. The number of nitrogens with zero attached hydrogens (tertiary/aromatic N) is 4. The number of carbonyl (C=O) groups is 2. The van der Waals surface area contributed by atoms with Gasteiger partial charge in [-0.25, -0.2) is 0 Å². The summed E-state index contributed by atoms with van der Waals surface area (Å²) in [6.45, 7) is 2.12. The first-order chi connectivity index (χ1) is 21.0. The predicted molar refractivity (Wildman–Crippen MR) is 158 cm³/mol. The molecule has 12 nitrogen and oxygen atoms in total. The molecule has 0 saturated carbocycles. The van der Waals surface area contributed by atoms with E-state index in [1.807, 2.05) is 0 Å². The number of benzene rings is 2. The molecule has 6 rings (SSSR count). The van der Waals surface area contributed by atoms with Gasteiger partial charge in [0.15, 0.2) is 23.0 Å². The quantitative estimate of drug-likeness (QED) is 0.385. The van der Waals surface area contributed by atoms with Crippen molar-refractivity contribution in [1.29, 1.82) is 0 Å². The number of ether oxygens (including phenoxy) is 6. The lowest BCUT2D eigenvalue weighted by molar-refractivity contribution is 0.00710. The maximum Gasteiger partial charge on any atom is 0.256 e. The molecule has 12 heteroatoms. The third-order valence-corrected chi connectivity index (χ3v) is 8.46. The van der Waals surface area contributed by atoms with Crippen LogP contribution in [-0.2, 0) is 9.47 Å². The van der Waals surface area contributed by atoms with Gasteiger partial charge in [-0.3, -0.25) is 19.6 Å². The molecule has 4 aliphatic heterocycles. The van der Waals surface area contributed by atoms with Crippen molar-refractivity contribution in [2.45, 2.75) is 43.6 Å². The predicted octanol–water partition coefficient (Wildman–Crippen LogP) is 3.44. The van der Waals surface area contributed by atoms with Crippen LogP contribution in [0, 0.1) is 0 Å². The van der Waals surface area contributed by atoms with Crippen molar-refractivity contribution in [3.8, 4) is 23.0 Å². The third kappa shape index (κ3) is 5.29. The number of amides is 2. The summed E-state index contributed by atoms with van der Waals surface area (Å²) in [5, 5.41) is 0. The zero-order chi connectivity index (χ0) is 30.1. The average molecular weight is 593 g/mol. The number of hydrogen-bond donors (Lipinski definition) is 0. The Morgan fingerprint density at radius 1 is 0.651 bits per heavy atom. The maximum atomic E-state index is 13.4. The molecule has 0 radical (unpaired) electrons. The molecular weight excluding hydrogens is 556 g/mol. The van der Waals surface area contributed by atoms with Crippen molar-refractivity contribution < 1.29 is 38.0 Å². The minimum absolute atomic E-state index is 0.0997. The summed E-state index contributed by atoms with van der Waals surface area (Å²) >= 11 is 0. The van der Waals surface area contributed by atoms with Crippen LogP contribution in [0.2, 0.25) is 0 Å². The van der Waals surface area contributed by atoms with Crippen molar-refractivity contribution in [3.63, 3.8) is 0 Å². The van der Waals surface area contributed by atoms with Gasteiger partial charge in [0.25, 0.3) is 11.8 Å². The van der Waals surface area contributed by atoms with Gasteiger partial charge < -0.3 is 38.2 Å². The van der Waals surface area contributed by atoms with Crippen LogP contribution in [0.3, 0.4) is 0 Å². The summed E-state index contributed by atoms with van der Waals surface area (Å²) in [5.41, 5.74) is 2.07. The molecule has 0 N–H and O–H groups in total. The van der Waals surface area contributed by atoms with E-state index in [9.17, 15) is 9.59 Å². The van der Waals surface area contributed by atoms with Crippen LogP contribution in [0.4, 0.5) is 11.4 Å². The lowest BCUT2D eigenvalue weighted by atomic mass is 10.1. The highest BCUT2D eigenvalue weighted by atomic mass is 16.5. The van der Waals surface area contributed by atoms with Crippen molar-refractivity contribution >= 4 is 35.6 Å². The molecule has 2 saturated heterocycles. The van der Waals surface area contributed by atoms with Gasteiger partial charge in [-0.15, -0.1) is 0 Å². The molecule has 4 aliphatic rings. The summed E-state index contributed by atoms with van der Waals surface area (Å²) in [4.78, 5) is 39.6. The lowest BCUT2D eigenvalue weighted by Gasteiger charge is -2.24. The molecule has 228 valence electrons. The third-order valence-electron chi connectivity index (χ3n) is 8.46. The average Bonchev–Trinajstić information content (AvgIpc) is 3.57. The second kappa shape index (κ2) is 12.2. The van der Waals surface area contributed by atoms with Gasteiger partial charge in [0, 0.05) is 50.9 Å². The number of fused-ring (bicyclic) bond motifs is 4. The topological polar surface area (TPSA) is 121 Å². The van der Waals surface area contributed by atoms with Crippen molar-refractivity contribution in [2.75, 3.05) is 54.7 Å². The van der Waals surface area contributed by atoms with Crippen molar-refractivity contribution in [3.05, 3.63) is 35.4 Å². The first-order valence-corrected chi connectivity index (χ1v) is 14.4. The molecule has 0 aliphatic carbocycles. The van der Waals surface area contributed by atoms with Crippen LogP contribution < -0.4 is 18.9 Å². The second-order valence-corrected chi connectivity index (χ2v) is 10.7. The fourth-order valence-corrected chi connectivity index (χ4v) is 6.21. The van der Waals surface area contributed by atoms with Crippen LogP contribution in [0.1, 0.15) is 40.0 Å². The zero-order valence-corrected chi connectivity index (χ0v) is 24.8. The van der Waals surface area contributed by atoms with E-state index in [4.69, 9.17) is 28.4 Å². The van der Waals surface area contributed by atoms with E-state index in [0.29, 0.717) is 78.2 Å². The van der Waals surface area contributed by atoms with Gasteiger partial charge in [-0.2, -0.15) is 0 Å². The fourth-order valence-electron chi connectivity index (χ4n) is 6.21. The van der Waals surface area contributed by atoms with Gasteiger partial charge in [-0.1, -0.05) is 0 Å². The van der Waals surface area contributed by atoms with Crippen LogP contribution in [-0.4, -0.2) is 113 Å². The van der Waals surface area contributed by atoms with E-state index in [2.05, 4.69) is 9.98 Å². The van der Waals surface area contributed by atoms with Crippen LogP contribution in [0.25, 0.3) is 0 Å². The number of methoxy groups -OCH3 is 4. The van der Waals surface area contributed by atoms with E-state index >= 15 is 0 Å². The molecular formula is C31H36N4O8. The number of carbonyl (C=O) groups excluding carboxylic acids is 2. The summed E-state index contributed by atoms with van der Waals surface area (Å²) in [6, 6.07) is 6.30. The van der Waals surface area contributed by atoms with E-state index < -0.39 is 0 Å². The summed E-state index contributed by atoms with van der Waals surface area (Å²) in [7, 11) is 6.20. The zero-order valence-electron chi connectivity index (χ0n) is 24.8. The van der Waals surface area contributed by atoms with E-state index in [0.717, 1.165) is 12.8 Å². The molecule has 0 bridgehead atoms. The Morgan fingerprint density at radius 3 is 1.44 bits per heavy atom. The Morgan fingerprint density at radius 2 is 1.05 bits per heavy atom. The highest BCUT2D eigenvalue weighted by Crippen LogP contribution is 2.39. The van der Waals surface area contributed by atoms with Gasteiger partial charge in [0.1, 0.15) is 0 Å². The molecule has 0 spiro atoms. The SMILES string of the molecule is COc1cc2c(cc1OC)C(=O)N1CCC(OCCCOC3CCN4C(=O)c5cc(OC)c(OC)cc5N=CC34)C1C=N2. The van der Waals surface area contributed by atoms with Gasteiger partial charge in [0.2, 0.25) is 0 Å². The number of aliphatic imine (C=N–C) groups is 2. The second-order valence-electron chi connectivity index (χ2n) is 10.7. The van der Waals surface area contributed by atoms with Crippen molar-refractivity contribution in [1.82, 2.24) is 9.80 Å². The first kappa shape index (κ1) is 28.9. The Hall–Kier alpha value is -4.16. The van der Waals surface area contributed by atoms with Gasteiger partial charge in [0.05, 0.1) is 75.2 Å². The minimum atomic E-state index is -0.256. The Kier molecular flexibility index (Phi) is 8.22. The largest absolute Gasteiger partial charge is 0.493 e. The highest BCUT2D eigenvalue weighted by molar-refractivity contribution is 6.04.